The quantitative estimate of drug-likeness (QED) is 0.625. The molecule has 0 bridgehead atoms. The van der Waals surface area contributed by atoms with Gasteiger partial charge in [-0.1, -0.05) is 36.4 Å². The molecule has 1 aliphatic rings. The fourth-order valence-electron chi connectivity index (χ4n) is 4.22. The van der Waals surface area contributed by atoms with Crippen molar-refractivity contribution in [3.63, 3.8) is 0 Å². The van der Waals surface area contributed by atoms with Crippen molar-refractivity contribution in [1.82, 2.24) is 4.57 Å². The number of allylic oxidation sites excluding steroid dienone is 1. The van der Waals surface area contributed by atoms with E-state index in [0.29, 0.717) is 41.3 Å². The molecule has 0 radical (unpaired) electrons. The lowest BCUT2D eigenvalue weighted by Gasteiger charge is -2.28. The standard InChI is InChI=1S/C26H25N3O4/c1-16-13-22-24(26(30)29(16)12-11-17-7-5-4-6-8-17)23(20(15-27)25(28)33-22)19-10-9-18(31-2)14-21(19)32-3/h4-10,13-14,23H,11-12,28H2,1-3H3/t23-/m0/s1. The summed E-state index contributed by atoms with van der Waals surface area (Å²) in [4.78, 5) is 13.8. The monoisotopic (exact) mass is 443 g/mol. The molecule has 2 N–H and O–H groups in total. The summed E-state index contributed by atoms with van der Waals surface area (Å²) in [6, 6.07) is 19.2. The molecule has 33 heavy (non-hydrogen) atoms. The fraction of sp³-hybridized carbons (Fsp3) is 0.231. The molecule has 0 saturated heterocycles. The van der Waals surface area contributed by atoms with Crippen molar-refractivity contribution in [1.29, 1.82) is 5.26 Å². The van der Waals surface area contributed by atoms with Gasteiger partial charge in [0.25, 0.3) is 5.56 Å². The number of aryl methyl sites for hydroxylation is 2. The number of nitrogens with two attached hydrogens (primary N) is 1. The molecule has 4 rings (SSSR count). The molecule has 1 atom stereocenters. The summed E-state index contributed by atoms with van der Waals surface area (Å²) < 4.78 is 18.3. The average Bonchev–Trinajstić information content (AvgIpc) is 2.83. The minimum absolute atomic E-state index is 0.0197. The van der Waals surface area contributed by atoms with Gasteiger partial charge in [0, 0.05) is 29.9 Å². The zero-order valence-corrected chi connectivity index (χ0v) is 18.8. The van der Waals surface area contributed by atoms with Gasteiger partial charge in [0.15, 0.2) is 0 Å². The first-order valence-electron chi connectivity index (χ1n) is 10.6. The van der Waals surface area contributed by atoms with Crippen LogP contribution >= 0.6 is 0 Å². The molecule has 0 spiro atoms. The molecule has 2 aromatic carbocycles. The molecule has 0 fully saturated rings. The smallest absolute Gasteiger partial charge is 0.258 e. The Morgan fingerprint density at radius 3 is 2.55 bits per heavy atom. The molecular weight excluding hydrogens is 418 g/mol. The Hall–Kier alpha value is -4.18. The summed E-state index contributed by atoms with van der Waals surface area (Å²) in [6.45, 7) is 2.36. The Morgan fingerprint density at radius 1 is 1.12 bits per heavy atom. The van der Waals surface area contributed by atoms with E-state index in [9.17, 15) is 10.1 Å². The molecule has 0 amide bonds. The van der Waals surface area contributed by atoms with Crippen LogP contribution in [0.4, 0.5) is 0 Å². The number of nitrogens with zero attached hydrogens (tertiary/aromatic N) is 2. The first-order valence-corrected chi connectivity index (χ1v) is 10.6. The number of rotatable bonds is 6. The zero-order valence-electron chi connectivity index (χ0n) is 18.8. The summed E-state index contributed by atoms with van der Waals surface area (Å²) in [5, 5.41) is 9.91. The second-order valence-corrected chi connectivity index (χ2v) is 7.79. The number of ether oxygens (including phenoxy) is 3. The SMILES string of the molecule is COc1ccc([C@H]2C(C#N)=C(N)Oc3cc(C)n(CCc4ccccc4)c(=O)c32)c(OC)c1. The number of hydrogen-bond donors (Lipinski definition) is 1. The molecule has 7 heteroatoms. The van der Waals surface area contributed by atoms with E-state index in [2.05, 4.69) is 6.07 Å². The van der Waals surface area contributed by atoms with Crippen LogP contribution < -0.4 is 25.5 Å². The van der Waals surface area contributed by atoms with E-state index in [1.807, 2.05) is 37.3 Å². The second-order valence-electron chi connectivity index (χ2n) is 7.79. The highest BCUT2D eigenvalue weighted by molar-refractivity contribution is 5.59. The number of aromatic nitrogens is 1. The van der Waals surface area contributed by atoms with Crippen molar-refractivity contribution in [2.45, 2.75) is 25.8 Å². The van der Waals surface area contributed by atoms with Crippen molar-refractivity contribution >= 4 is 0 Å². The van der Waals surface area contributed by atoms with Crippen LogP contribution in [0.15, 0.2) is 70.8 Å². The Bertz CT molecular complexity index is 1320. The van der Waals surface area contributed by atoms with Crippen molar-refractivity contribution in [3.05, 3.63) is 98.8 Å². The van der Waals surface area contributed by atoms with Gasteiger partial charge >= 0.3 is 0 Å². The largest absolute Gasteiger partial charge is 0.497 e. The van der Waals surface area contributed by atoms with Crippen molar-refractivity contribution in [2.75, 3.05) is 14.2 Å². The van der Waals surface area contributed by atoms with E-state index in [-0.39, 0.29) is 17.0 Å². The number of methoxy groups -OCH3 is 2. The number of benzene rings is 2. The maximum Gasteiger partial charge on any atom is 0.258 e. The molecule has 3 aromatic rings. The molecule has 0 unspecified atom stereocenters. The average molecular weight is 444 g/mol. The lowest BCUT2D eigenvalue weighted by Crippen LogP contribution is -2.33. The first-order chi connectivity index (χ1) is 16.0. The molecule has 0 aliphatic carbocycles. The highest BCUT2D eigenvalue weighted by Crippen LogP contribution is 2.44. The first kappa shape index (κ1) is 22.0. The van der Waals surface area contributed by atoms with Gasteiger partial charge in [-0.2, -0.15) is 5.26 Å². The normalized spacial score (nSPS) is 14.8. The molecule has 1 aliphatic heterocycles. The van der Waals surface area contributed by atoms with E-state index in [4.69, 9.17) is 19.9 Å². The van der Waals surface area contributed by atoms with Crippen molar-refractivity contribution < 1.29 is 14.2 Å². The summed E-state index contributed by atoms with van der Waals surface area (Å²) >= 11 is 0. The topological polar surface area (TPSA) is 99.5 Å². The van der Waals surface area contributed by atoms with E-state index < -0.39 is 5.92 Å². The molecular formula is C26H25N3O4. The van der Waals surface area contributed by atoms with Crippen LogP contribution in [-0.4, -0.2) is 18.8 Å². The highest BCUT2D eigenvalue weighted by atomic mass is 16.5. The van der Waals surface area contributed by atoms with E-state index in [0.717, 1.165) is 11.3 Å². The van der Waals surface area contributed by atoms with Crippen LogP contribution in [0.1, 0.15) is 28.3 Å². The van der Waals surface area contributed by atoms with Crippen LogP contribution in [0.5, 0.6) is 17.2 Å². The number of fused-ring (bicyclic) bond motifs is 1. The molecule has 168 valence electrons. The summed E-state index contributed by atoms with van der Waals surface area (Å²) in [7, 11) is 3.09. The van der Waals surface area contributed by atoms with Gasteiger partial charge in [-0.15, -0.1) is 0 Å². The molecule has 2 heterocycles. The lowest BCUT2D eigenvalue weighted by molar-refractivity contribution is 0.378. The maximum atomic E-state index is 13.8. The molecule has 1 aromatic heterocycles. The fourth-order valence-corrected chi connectivity index (χ4v) is 4.22. The van der Waals surface area contributed by atoms with Crippen LogP contribution in [-0.2, 0) is 13.0 Å². The Morgan fingerprint density at radius 2 is 1.88 bits per heavy atom. The van der Waals surface area contributed by atoms with E-state index in [1.165, 1.54) is 7.11 Å². The number of pyridine rings is 1. The summed E-state index contributed by atoms with van der Waals surface area (Å²) in [5.74, 6) is 0.698. The van der Waals surface area contributed by atoms with Crippen LogP contribution in [0.25, 0.3) is 0 Å². The predicted molar refractivity (Wildman–Crippen MR) is 124 cm³/mol. The van der Waals surface area contributed by atoms with Gasteiger partial charge in [-0.05, 0) is 25.0 Å². The van der Waals surface area contributed by atoms with Gasteiger partial charge in [0.2, 0.25) is 5.88 Å². The van der Waals surface area contributed by atoms with E-state index >= 15 is 0 Å². The van der Waals surface area contributed by atoms with Gasteiger partial charge < -0.3 is 24.5 Å². The molecule has 0 saturated carbocycles. The lowest BCUT2D eigenvalue weighted by atomic mass is 9.83. The molecule has 7 nitrogen and oxygen atoms in total. The minimum atomic E-state index is -0.726. The Kier molecular flexibility index (Phi) is 6.09. The van der Waals surface area contributed by atoms with Gasteiger partial charge in [-0.25, -0.2) is 0 Å². The minimum Gasteiger partial charge on any atom is -0.497 e. The van der Waals surface area contributed by atoms with Gasteiger partial charge in [0.1, 0.15) is 28.9 Å². The van der Waals surface area contributed by atoms with Crippen LogP contribution in [0.2, 0.25) is 0 Å². The summed E-state index contributed by atoms with van der Waals surface area (Å²) in [6.07, 6.45) is 0.695. The third kappa shape index (κ3) is 4.03. The van der Waals surface area contributed by atoms with Gasteiger partial charge in [-0.3, -0.25) is 4.79 Å². The van der Waals surface area contributed by atoms with Crippen molar-refractivity contribution in [2.24, 2.45) is 5.73 Å². The highest BCUT2D eigenvalue weighted by Gasteiger charge is 2.36. The maximum absolute atomic E-state index is 13.8. The zero-order chi connectivity index (χ0) is 23.5. The van der Waals surface area contributed by atoms with Crippen LogP contribution in [0, 0.1) is 18.3 Å². The number of hydrogen-bond acceptors (Lipinski definition) is 6. The van der Waals surface area contributed by atoms with Crippen molar-refractivity contribution in [3.8, 4) is 23.3 Å². The third-order valence-electron chi connectivity index (χ3n) is 5.91. The second kappa shape index (κ2) is 9.13. The van der Waals surface area contributed by atoms with Gasteiger partial charge in [0.05, 0.1) is 25.7 Å². The van der Waals surface area contributed by atoms with E-state index in [1.54, 1.807) is 35.9 Å². The Labute approximate surface area is 192 Å². The third-order valence-corrected chi connectivity index (χ3v) is 5.91. The summed E-state index contributed by atoms with van der Waals surface area (Å²) in [5.41, 5.74) is 8.95. The predicted octanol–water partition coefficient (Wildman–Crippen LogP) is 3.63. The van der Waals surface area contributed by atoms with Crippen LogP contribution in [0.3, 0.4) is 0 Å². The Balaban J connectivity index is 1.87. The number of nitriles is 1.